The summed E-state index contributed by atoms with van der Waals surface area (Å²) in [5.74, 6) is 6.35. The van der Waals surface area contributed by atoms with Crippen LogP contribution >= 0.6 is 23.2 Å². The van der Waals surface area contributed by atoms with E-state index in [-0.39, 0.29) is 12.6 Å². The molecule has 0 saturated carbocycles. The summed E-state index contributed by atoms with van der Waals surface area (Å²) in [6, 6.07) is 12.9. The van der Waals surface area contributed by atoms with Crippen LogP contribution in [0.5, 0.6) is 0 Å². The van der Waals surface area contributed by atoms with Gasteiger partial charge < -0.3 is 0 Å². The van der Waals surface area contributed by atoms with Crippen molar-refractivity contribution in [1.82, 2.24) is 20.0 Å². The number of unbranched alkanes of at least 4 members (excludes halogenated alkanes) is 1. The van der Waals surface area contributed by atoms with Crippen molar-refractivity contribution >= 4 is 29.1 Å². The number of hydrazine groups is 1. The second-order valence-electron chi connectivity index (χ2n) is 8.46. The standard InChI is InChI=1S/C27H27Cl2FN4O/c1-19-25(27(35)32-33-16-6-3-7-17-33)31-26(23-14-11-21(28)18-24(23)29)34(19)22-12-9-20(10-13-22)8-4-2-5-15-30/h9-14,18H,2-3,5-7,15-17H2,1H3,(H,32,35). The van der Waals surface area contributed by atoms with Gasteiger partial charge in [-0.3, -0.25) is 19.2 Å². The number of nitrogens with zero attached hydrogens (tertiary/aromatic N) is 3. The highest BCUT2D eigenvalue weighted by Gasteiger charge is 2.24. The first kappa shape index (κ1) is 25.2. The molecule has 182 valence electrons. The van der Waals surface area contributed by atoms with E-state index in [0.717, 1.165) is 37.2 Å². The van der Waals surface area contributed by atoms with Crippen molar-refractivity contribution in [3.63, 3.8) is 0 Å². The molecule has 2 heterocycles. The highest BCUT2D eigenvalue weighted by molar-refractivity contribution is 6.36. The molecule has 1 saturated heterocycles. The fourth-order valence-electron chi connectivity index (χ4n) is 4.10. The average Bonchev–Trinajstić information content (AvgIpc) is 3.19. The Labute approximate surface area is 215 Å². The maximum atomic E-state index is 13.2. The number of hydrogen-bond acceptors (Lipinski definition) is 3. The number of hydrogen-bond donors (Lipinski definition) is 1. The Bertz CT molecular complexity index is 1250. The van der Waals surface area contributed by atoms with E-state index < -0.39 is 0 Å². The molecule has 1 fully saturated rings. The van der Waals surface area contributed by atoms with Crippen molar-refractivity contribution in [3.05, 3.63) is 69.5 Å². The number of aromatic nitrogens is 2. The van der Waals surface area contributed by atoms with Crippen molar-refractivity contribution in [2.75, 3.05) is 19.8 Å². The Hall–Kier alpha value is -2.85. The smallest absolute Gasteiger partial charge is 0.286 e. The largest absolute Gasteiger partial charge is 0.296 e. The monoisotopic (exact) mass is 512 g/mol. The Morgan fingerprint density at radius 2 is 1.86 bits per heavy atom. The minimum absolute atomic E-state index is 0.246. The van der Waals surface area contributed by atoms with Crippen molar-refractivity contribution < 1.29 is 9.18 Å². The molecule has 0 bridgehead atoms. The van der Waals surface area contributed by atoms with E-state index in [1.54, 1.807) is 18.2 Å². The lowest BCUT2D eigenvalue weighted by atomic mass is 10.1. The molecule has 0 radical (unpaired) electrons. The van der Waals surface area contributed by atoms with Crippen LogP contribution in [-0.4, -0.2) is 40.2 Å². The topological polar surface area (TPSA) is 50.2 Å². The van der Waals surface area contributed by atoms with E-state index in [1.807, 2.05) is 40.8 Å². The number of nitrogens with one attached hydrogen (secondary N) is 1. The average molecular weight is 513 g/mol. The van der Waals surface area contributed by atoms with Gasteiger partial charge in [-0.1, -0.05) is 41.5 Å². The summed E-state index contributed by atoms with van der Waals surface area (Å²) in [6.45, 7) is 3.16. The zero-order valence-electron chi connectivity index (χ0n) is 19.6. The van der Waals surface area contributed by atoms with Gasteiger partial charge in [-0.2, -0.15) is 0 Å². The number of benzene rings is 2. The number of rotatable bonds is 6. The molecular weight excluding hydrogens is 486 g/mol. The van der Waals surface area contributed by atoms with E-state index in [0.29, 0.717) is 45.7 Å². The molecule has 1 aliphatic heterocycles. The van der Waals surface area contributed by atoms with Gasteiger partial charge in [0, 0.05) is 41.3 Å². The number of amides is 1. The number of carbonyl (C=O) groups is 1. The van der Waals surface area contributed by atoms with Gasteiger partial charge in [-0.25, -0.2) is 9.99 Å². The summed E-state index contributed by atoms with van der Waals surface area (Å²) in [5, 5.41) is 2.92. The van der Waals surface area contributed by atoms with Crippen LogP contribution < -0.4 is 5.43 Å². The number of halogens is 3. The van der Waals surface area contributed by atoms with Gasteiger partial charge in [-0.05, 0) is 68.7 Å². The highest BCUT2D eigenvalue weighted by atomic mass is 35.5. The predicted molar refractivity (Wildman–Crippen MR) is 139 cm³/mol. The van der Waals surface area contributed by atoms with Crippen LogP contribution in [0.25, 0.3) is 17.1 Å². The third-order valence-electron chi connectivity index (χ3n) is 5.90. The van der Waals surface area contributed by atoms with E-state index in [2.05, 4.69) is 17.3 Å². The predicted octanol–water partition coefficient (Wildman–Crippen LogP) is 6.39. The molecule has 35 heavy (non-hydrogen) atoms. The van der Waals surface area contributed by atoms with Crippen LogP contribution in [0.2, 0.25) is 10.0 Å². The zero-order valence-corrected chi connectivity index (χ0v) is 21.1. The van der Waals surface area contributed by atoms with Crippen molar-refractivity contribution in [3.8, 4) is 28.9 Å². The maximum Gasteiger partial charge on any atom is 0.286 e. The summed E-state index contributed by atoms with van der Waals surface area (Å²) < 4.78 is 14.2. The van der Waals surface area contributed by atoms with Crippen LogP contribution in [0.4, 0.5) is 4.39 Å². The lowest BCUT2D eigenvalue weighted by molar-refractivity contribution is 0.0744. The summed E-state index contributed by atoms with van der Waals surface area (Å²) in [6.07, 6.45) is 4.25. The fraction of sp³-hybridized carbons (Fsp3) is 0.333. The first-order valence-electron chi connectivity index (χ1n) is 11.7. The summed E-state index contributed by atoms with van der Waals surface area (Å²) in [7, 11) is 0. The lowest BCUT2D eigenvalue weighted by Gasteiger charge is -2.26. The molecule has 3 aromatic rings. The molecule has 4 rings (SSSR count). The maximum absolute atomic E-state index is 13.2. The number of carbonyl (C=O) groups excluding carboxylic acids is 1. The van der Waals surface area contributed by atoms with E-state index in [1.165, 1.54) is 6.42 Å². The molecule has 0 aliphatic carbocycles. The molecule has 1 amide bonds. The SMILES string of the molecule is Cc1c(C(=O)NN2CCCCC2)nc(-c2ccc(Cl)cc2Cl)n1-c1ccc(C#CCCCF)cc1. The highest BCUT2D eigenvalue weighted by Crippen LogP contribution is 2.33. The van der Waals surface area contributed by atoms with Crippen LogP contribution in [0.3, 0.4) is 0 Å². The Kier molecular flexibility index (Phi) is 8.46. The summed E-state index contributed by atoms with van der Waals surface area (Å²) in [5.41, 5.74) is 6.37. The number of imidazole rings is 1. The molecule has 0 atom stereocenters. The molecule has 0 unspecified atom stereocenters. The van der Waals surface area contributed by atoms with Crippen molar-refractivity contribution in [2.24, 2.45) is 0 Å². The van der Waals surface area contributed by atoms with Crippen LogP contribution in [0.1, 0.15) is 53.8 Å². The van der Waals surface area contributed by atoms with Crippen LogP contribution in [-0.2, 0) is 0 Å². The van der Waals surface area contributed by atoms with E-state index in [9.17, 15) is 9.18 Å². The van der Waals surface area contributed by atoms with Crippen LogP contribution in [0.15, 0.2) is 42.5 Å². The van der Waals surface area contributed by atoms with E-state index >= 15 is 0 Å². The molecule has 5 nitrogen and oxygen atoms in total. The molecule has 1 aliphatic rings. The Morgan fingerprint density at radius 1 is 1.11 bits per heavy atom. The van der Waals surface area contributed by atoms with Crippen molar-refractivity contribution in [1.29, 1.82) is 0 Å². The molecular formula is C27H27Cl2FN4O. The second kappa shape index (κ2) is 11.7. The molecule has 0 spiro atoms. The summed E-state index contributed by atoms with van der Waals surface area (Å²) >= 11 is 12.7. The molecule has 1 N–H and O–H groups in total. The van der Waals surface area contributed by atoms with Gasteiger partial charge >= 0.3 is 0 Å². The quantitative estimate of drug-likeness (QED) is 0.307. The van der Waals surface area contributed by atoms with Gasteiger partial charge in [0.2, 0.25) is 0 Å². The van der Waals surface area contributed by atoms with E-state index in [4.69, 9.17) is 28.2 Å². The zero-order chi connectivity index (χ0) is 24.8. The third kappa shape index (κ3) is 6.05. The molecule has 8 heteroatoms. The fourth-order valence-corrected chi connectivity index (χ4v) is 4.59. The minimum atomic E-state index is -0.364. The minimum Gasteiger partial charge on any atom is -0.296 e. The van der Waals surface area contributed by atoms with Crippen molar-refractivity contribution in [2.45, 2.75) is 39.0 Å². The molecule has 1 aromatic heterocycles. The second-order valence-corrected chi connectivity index (χ2v) is 9.30. The Morgan fingerprint density at radius 3 is 2.54 bits per heavy atom. The van der Waals surface area contributed by atoms with Gasteiger partial charge in [-0.15, -0.1) is 0 Å². The Balaban J connectivity index is 1.72. The number of alkyl halides is 1. The van der Waals surface area contributed by atoms with Crippen LogP contribution in [0, 0.1) is 18.8 Å². The number of piperidine rings is 1. The van der Waals surface area contributed by atoms with Gasteiger partial charge in [0.25, 0.3) is 5.91 Å². The first-order chi connectivity index (χ1) is 17.0. The first-order valence-corrected chi connectivity index (χ1v) is 12.5. The lowest BCUT2D eigenvalue weighted by Crippen LogP contribution is -2.45. The molecule has 2 aromatic carbocycles. The van der Waals surface area contributed by atoms with Gasteiger partial charge in [0.15, 0.2) is 5.69 Å². The third-order valence-corrected chi connectivity index (χ3v) is 6.45. The van der Waals surface area contributed by atoms with Gasteiger partial charge in [0.05, 0.1) is 17.4 Å². The van der Waals surface area contributed by atoms with Gasteiger partial charge in [0.1, 0.15) is 5.82 Å². The normalized spacial score (nSPS) is 13.8. The summed E-state index contributed by atoms with van der Waals surface area (Å²) in [4.78, 5) is 17.9.